The van der Waals surface area contributed by atoms with Crippen molar-refractivity contribution in [3.05, 3.63) is 45.1 Å². The van der Waals surface area contributed by atoms with Gasteiger partial charge in [0.2, 0.25) is 11.7 Å². The van der Waals surface area contributed by atoms with Gasteiger partial charge in [-0.25, -0.2) is 13.9 Å². The third-order valence-corrected chi connectivity index (χ3v) is 5.17. The Kier molecular flexibility index (Phi) is 4.55. The van der Waals surface area contributed by atoms with E-state index in [1.807, 2.05) is 0 Å². The number of carbonyl (C=O) groups excluding carboxylic acids is 2. The van der Waals surface area contributed by atoms with E-state index in [-0.39, 0.29) is 47.6 Å². The average molecular weight is 394 g/mol. The molecule has 2 aliphatic rings. The average Bonchev–Trinajstić information content (AvgIpc) is 3.27. The van der Waals surface area contributed by atoms with Crippen LogP contribution in [0, 0.1) is 5.82 Å². The second kappa shape index (κ2) is 6.88. The van der Waals surface area contributed by atoms with Gasteiger partial charge in [-0.15, -0.1) is 5.10 Å². The second-order valence-corrected chi connectivity index (χ2v) is 7.16. The number of fused-ring (bicyclic) bond motifs is 1. The Balaban J connectivity index is 1.70. The van der Waals surface area contributed by atoms with Crippen molar-refractivity contribution < 1.29 is 14.0 Å². The highest BCUT2D eigenvalue weighted by Gasteiger charge is 2.37. The topological polar surface area (TPSA) is 90.1 Å². The summed E-state index contributed by atoms with van der Waals surface area (Å²) in [5.74, 6) is -1.20. The summed E-state index contributed by atoms with van der Waals surface area (Å²) in [6.07, 6.45) is 3.54. The zero-order valence-corrected chi connectivity index (χ0v) is 15.2. The summed E-state index contributed by atoms with van der Waals surface area (Å²) in [4.78, 5) is 43.5. The van der Waals surface area contributed by atoms with E-state index in [9.17, 15) is 18.8 Å². The normalized spacial score (nSPS) is 19.4. The Morgan fingerprint density at radius 2 is 2.04 bits per heavy atom. The van der Waals surface area contributed by atoms with Crippen molar-refractivity contribution in [3.8, 4) is 0 Å². The molecule has 1 atom stereocenters. The molecule has 0 spiro atoms. The van der Waals surface area contributed by atoms with Crippen LogP contribution >= 0.6 is 11.6 Å². The number of aromatic nitrogens is 4. The zero-order chi connectivity index (χ0) is 19.1. The maximum absolute atomic E-state index is 14.0. The minimum absolute atomic E-state index is 0.0215. The number of pyridine rings is 1. The van der Waals surface area contributed by atoms with Gasteiger partial charge in [-0.1, -0.05) is 11.6 Å². The Bertz CT molecular complexity index is 979. The van der Waals surface area contributed by atoms with E-state index in [1.165, 1.54) is 6.20 Å². The highest BCUT2D eigenvalue weighted by atomic mass is 35.5. The van der Waals surface area contributed by atoms with Crippen molar-refractivity contribution in [1.82, 2.24) is 24.2 Å². The second-order valence-electron chi connectivity index (χ2n) is 6.73. The smallest absolute Gasteiger partial charge is 0.341 e. The molecule has 0 saturated carbocycles. The minimum Gasteiger partial charge on any atom is -0.341 e. The van der Waals surface area contributed by atoms with E-state index >= 15 is 0 Å². The van der Waals surface area contributed by atoms with Gasteiger partial charge in [0.25, 0.3) is 0 Å². The fourth-order valence-electron chi connectivity index (χ4n) is 3.59. The third kappa shape index (κ3) is 3.16. The fourth-order valence-corrected chi connectivity index (χ4v) is 3.73. The molecule has 0 bridgehead atoms. The lowest BCUT2D eigenvalue weighted by molar-refractivity contribution is -0.134. The Hall–Kier alpha value is -2.55. The van der Waals surface area contributed by atoms with E-state index in [1.54, 1.807) is 4.90 Å². The molecule has 4 heterocycles. The number of hydrogen-bond acceptors (Lipinski definition) is 5. The molecule has 0 aliphatic carbocycles. The highest BCUT2D eigenvalue weighted by Crippen LogP contribution is 2.25. The molecule has 1 unspecified atom stereocenters. The van der Waals surface area contributed by atoms with Crippen molar-refractivity contribution in [2.75, 3.05) is 13.1 Å². The molecule has 4 rings (SSSR count). The molecule has 10 heteroatoms. The van der Waals surface area contributed by atoms with E-state index in [0.29, 0.717) is 13.1 Å². The Morgan fingerprint density at radius 1 is 1.30 bits per heavy atom. The fraction of sp³-hybridized carbons (Fsp3) is 0.471. The van der Waals surface area contributed by atoms with E-state index in [2.05, 4.69) is 10.1 Å². The first kappa shape index (κ1) is 17.8. The van der Waals surface area contributed by atoms with Crippen LogP contribution in [0.1, 0.15) is 48.0 Å². The van der Waals surface area contributed by atoms with Crippen LogP contribution in [0.3, 0.4) is 0 Å². The first-order valence-corrected chi connectivity index (χ1v) is 9.15. The van der Waals surface area contributed by atoms with Crippen molar-refractivity contribution in [3.63, 3.8) is 0 Å². The van der Waals surface area contributed by atoms with Gasteiger partial charge < -0.3 is 4.90 Å². The van der Waals surface area contributed by atoms with Gasteiger partial charge >= 0.3 is 5.69 Å². The third-order valence-electron chi connectivity index (χ3n) is 4.96. The predicted molar refractivity (Wildman–Crippen MR) is 93.2 cm³/mol. The summed E-state index contributed by atoms with van der Waals surface area (Å²) >= 11 is 5.69. The predicted octanol–water partition coefficient (Wildman–Crippen LogP) is 1.42. The maximum atomic E-state index is 14.0. The number of nitrogens with zero attached hydrogens (tertiary/aromatic N) is 5. The molecule has 0 aromatic carbocycles. The molecule has 8 nitrogen and oxygen atoms in total. The molecular formula is C17H17ClFN5O3. The molecule has 0 N–H and O–H groups in total. The molecule has 2 aromatic rings. The zero-order valence-electron chi connectivity index (χ0n) is 14.4. The van der Waals surface area contributed by atoms with Gasteiger partial charge in [0.1, 0.15) is 11.9 Å². The lowest BCUT2D eigenvalue weighted by atomic mass is 10.0. The Morgan fingerprint density at radius 3 is 2.74 bits per heavy atom. The van der Waals surface area contributed by atoms with Gasteiger partial charge in [-0.2, -0.15) is 0 Å². The first-order valence-electron chi connectivity index (χ1n) is 8.77. The summed E-state index contributed by atoms with van der Waals surface area (Å²) in [6.45, 7) is 1.06. The summed E-state index contributed by atoms with van der Waals surface area (Å²) in [5.41, 5.74) is -0.640. The quantitative estimate of drug-likeness (QED) is 0.786. The van der Waals surface area contributed by atoms with Crippen LogP contribution in [-0.2, 0) is 11.3 Å². The van der Waals surface area contributed by atoms with Crippen LogP contribution in [0.15, 0.2) is 17.1 Å². The van der Waals surface area contributed by atoms with Gasteiger partial charge in [0.05, 0.1) is 17.3 Å². The first-order chi connectivity index (χ1) is 13.0. The van der Waals surface area contributed by atoms with Gasteiger partial charge in [-0.3, -0.25) is 19.1 Å². The number of Topliss-reactive ketones (excluding diaryl/α,β-unsaturated/α-hetero) is 1. The van der Waals surface area contributed by atoms with E-state index in [4.69, 9.17) is 11.6 Å². The molecule has 142 valence electrons. The number of amides is 1. The summed E-state index contributed by atoms with van der Waals surface area (Å²) in [7, 11) is 0. The molecule has 2 aliphatic heterocycles. The summed E-state index contributed by atoms with van der Waals surface area (Å²) in [6, 6.07) is 0.343. The van der Waals surface area contributed by atoms with Gasteiger partial charge in [0.15, 0.2) is 5.78 Å². The lowest BCUT2D eigenvalue weighted by Gasteiger charge is -2.26. The van der Waals surface area contributed by atoms with Crippen LogP contribution in [0.4, 0.5) is 4.39 Å². The van der Waals surface area contributed by atoms with Crippen LogP contribution < -0.4 is 5.69 Å². The maximum Gasteiger partial charge on any atom is 0.347 e. The molecule has 1 saturated heterocycles. The number of likely N-dealkylation sites (tertiary alicyclic amines) is 1. The van der Waals surface area contributed by atoms with Crippen LogP contribution in [0.2, 0.25) is 5.02 Å². The molecule has 2 aromatic heterocycles. The van der Waals surface area contributed by atoms with E-state index in [0.717, 1.165) is 28.2 Å². The molecule has 1 amide bonds. The van der Waals surface area contributed by atoms with Crippen LogP contribution in [-0.4, -0.2) is 49.0 Å². The van der Waals surface area contributed by atoms with E-state index < -0.39 is 17.5 Å². The van der Waals surface area contributed by atoms with Crippen molar-refractivity contribution in [2.24, 2.45) is 0 Å². The molecule has 0 radical (unpaired) electrons. The number of ketones is 1. The number of hydrogen-bond donors (Lipinski definition) is 0. The van der Waals surface area contributed by atoms with Gasteiger partial charge in [-0.05, 0) is 25.3 Å². The molecular weight excluding hydrogens is 377 g/mol. The summed E-state index contributed by atoms with van der Waals surface area (Å²) < 4.78 is 16.1. The Labute approximate surface area is 158 Å². The highest BCUT2D eigenvalue weighted by molar-refractivity contribution is 6.30. The number of rotatable bonds is 3. The van der Waals surface area contributed by atoms with Crippen molar-refractivity contribution in [2.45, 2.75) is 38.3 Å². The molecule has 27 heavy (non-hydrogen) atoms. The SMILES string of the molecule is O=C1CCC(C(=O)N2CCCC2)n2c1nn(Cc1ncc(Cl)cc1F)c2=O. The van der Waals surface area contributed by atoms with Crippen molar-refractivity contribution >= 4 is 23.3 Å². The van der Waals surface area contributed by atoms with Crippen LogP contribution in [0.5, 0.6) is 0 Å². The largest absolute Gasteiger partial charge is 0.347 e. The standard InChI is InChI=1S/C17H17ClFN5O3/c18-10-7-11(19)12(20-8-10)9-23-17(27)24-13(3-4-14(25)15(24)21-23)16(26)22-5-1-2-6-22/h7-8,13H,1-6,9H2. The number of carbonyl (C=O) groups is 2. The monoisotopic (exact) mass is 393 g/mol. The molecule has 1 fully saturated rings. The summed E-state index contributed by atoms with van der Waals surface area (Å²) in [5, 5.41) is 4.19. The lowest BCUT2D eigenvalue weighted by Crippen LogP contribution is -2.42. The van der Waals surface area contributed by atoms with Crippen LogP contribution in [0.25, 0.3) is 0 Å². The number of halogens is 2. The minimum atomic E-state index is -0.750. The van der Waals surface area contributed by atoms with Gasteiger partial charge in [0, 0.05) is 25.7 Å². The van der Waals surface area contributed by atoms with Crippen molar-refractivity contribution in [1.29, 1.82) is 0 Å².